The van der Waals surface area contributed by atoms with Crippen LogP contribution in [0.5, 0.6) is 0 Å². The lowest BCUT2D eigenvalue weighted by atomic mass is 9.76. The van der Waals surface area contributed by atoms with Crippen molar-refractivity contribution in [1.29, 1.82) is 0 Å². The Morgan fingerprint density at radius 3 is 2.25 bits per heavy atom. The molecule has 2 nitrogen and oxygen atoms in total. The second-order valence-corrected chi connectivity index (χ2v) is 4.19. The lowest BCUT2D eigenvalue weighted by Crippen LogP contribution is -2.30. The first-order valence-electron chi connectivity index (χ1n) is 4.66. The van der Waals surface area contributed by atoms with Crippen LogP contribution in [-0.4, -0.2) is 12.3 Å². The summed E-state index contributed by atoms with van der Waals surface area (Å²) < 4.78 is 0. The molecule has 0 aliphatic rings. The highest BCUT2D eigenvalue weighted by Crippen LogP contribution is 2.28. The number of hydrogen-bond acceptors (Lipinski definition) is 2. The molecule has 0 unspecified atom stereocenters. The van der Waals surface area contributed by atoms with Gasteiger partial charge in [0.05, 0.1) is 0 Å². The third-order valence-electron chi connectivity index (χ3n) is 2.77. The van der Waals surface area contributed by atoms with E-state index in [0.29, 0.717) is 24.7 Å². The molecular weight excluding hydrogens is 150 g/mol. The molecule has 0 aromatic rings. The largest absolute Gasteiger partial charge is 0.330 e. The molecule has 0 heterocycles. The Hall–Kier alpha value is -0.370. The number of hydrogen-bond donors (Lipinski definition) is 1. The number of carbonyl (C=O) groups excluding carboxylic acids is 1. The SMILES string of the molecule is CC(C)C(C)(C)C(=O)CCCN. The zero-order valence-corrected chi connectivity index (χ0v) is 8.68. The Kier molecular flexibility index (Phi) is 4.46. The van der Waals surface area contributed by atoms with Crippen molar-refractivity contribution in [2.75, 3.05) is 6.54 Å². The van der Waals surface area contributed by atoms with Gasteiger partial charge in [-0.05, 0) is 18.9 Å². The molecule has 0 aliphatic heterocycles. The molecule has 2 heteroatoms. The van der Waals surface area contributed by atoms with E-state index in [9.17, 15) is 4.79 Å². The van der Waals surface area contributed by atoms with Crippen molar-refractivity contribution in [1.82, 2.24) is 0 Å². The normalized spacial score (nSPS) is 12.2. The van der Waals surface area contributed by atoms with Gasteiger partial charge in [-0.15, -0.1) is 0 Å². The highest BCUT2D eigenvalue weighted by atomic mass is 16.1. The molecule has 0 radical (unpaired) electrons. The minimum Gasteiger partial charge on any atom is -0.330 e. The van der Waals surface area contributed by atoms with E-state index in [4.69, 9.17) is 5.73 Å². The smallest absolute Gasteiger partial charge is 0.138 e. The number of ketones is 1. The van der Waals surface area contributed by atoms with Crippen LogP contribution in [-0.2, 0) is 4.79 Å². The van der Waals surface area contributed by atoms with Gasteiger partial charge in [0, 0.05) is 11.8 Å². The minimum absolute atomic E-state index is 0.185. The van der Waals surface area contributed by atoms with Crippen molar-refractivity contribution in [2.45, 2.75) is 40.5 Å². The Labute approximate surface area is 75.5 Å². The summed E-state index contributed by atoms with van der Waals surface area (Å²) in [6.07, 6.45) is 1.44. The number of carbonyl (C=O) groups is 1. The zero-order valence-electron chi connectivity index (χ0n) is 8.68. The van der Waals surface area contributed by atoms with Crippen LogP contribution in [0.3, 0.4) is 0 Å². The topological polar surface area (TPSA) is 43.1 Å². The third-order valence-corrected chi connectivity index (χ3v) is 2.77. The average Bonchev–Trinajstić information content (AvgIpc) is 1.99. The maximum Gasteiger partial charge on any atom is 0.138 e. The zero-order chi connectivity index (χ0) is 9.78. The monoisotopic (exact) mass is 171 g/mol. The van der Waals surface area contributed by atoms with E-state index in [1.807, 2.05) is 13.8 Å². The van der Waals surface area contributed by atoms with Crippen LogP contribution >= 0.6 is 0 Å². The molecule has 72 valence electrons. The summed E-state index contributed by atoms with van der Waals surface area (Å²) in [7, 11) is 0. The van der Waals surface area contributed by atoms with E-state index < -0.39 is 0 Å². The van der Waals surface area contributed by atoms with Crippen molar-refractivity contribution in [3.05, 3.63) is 0 Å². The van der Waals surface area contributed by atoms with E-state index in [0.717, 1.165) is 6.42 Å². The molecule has 0 rings (SSSR count). The van der Waals surface area contributed by atoms with Gasteiger partial charge in [0.25, 0.3) is 0 Å². The van der Waals surface area contributed by atoms with E-state index in [2.05, 4.69) is 13.8 Å². The highest BCUT2D eigenvalue weighted by molar-refractivity contribution is 5.84. The maximum absolute atomic E-state index is 11.6. The highest BCUT2D eigenvalue weighted by Gasteiger charge is 2.29. The van der Waals surface area contributed by atoms with Crippen LogP contribution < -0.4 is 5.73 Å². The fraction of sp³-hybridized carbons (Fsp3) is 0.900. The lowest BCUT2D eigenvalue weighted by molar-refractivity contribution is -0.129. The molecule has 0 aromatic heterocycles. The number of Topliss-reactive ketones (excluding diaryl/α,β-unsaturated/α-hetero) is 1. The first-order chi connectivity index (χ1) is 5.42. The molecule has 2 N–H and O–H groups in total. The Bertz CT molecular complexity index is 150. The summed E-state index contributed by atoms with van der Waals surface area (Å²) in [4.78, 5) is 11.6. The molecule has 0 aromatic carbocycles. The molecule has 0 saturated carbocycles. The lowest BCUT2D eigenvalue weighted by Gasteiger charge is -2.27. The van der Waals surface area contributed by atoms with E-state index in [1.165, 1.54) is 0 Å². The van der Waals surface area contributed by atoms with Crippen molar-refractivity contribution in [3.63, 3.8) is 0 Å². The molecule has 0 bridgehead atoms. The summed E-state index contributed by atoms with van der Waals surface area (Å²) >= 11 is 0. The van der Waals surface area contributed by atoms with Crippen LogP contribution in [0.1, 0.15) is 40.5 Å². The summed E-state index contributed by atoms with van der Waals surface area (Å²) in [5.74, 6) is 0.741. The quantitative estimate of drug-likeness (QED) is 0.687. The van der Waals surface area contributed by atoms with Gasteiger partial charge in [-0.2, -0.15) is 0 Å². The summed E-state index contributed by atoms with van der Waals surface area (Å²) in [5, 5.41) is 0. The van der Waals surface area contributed by atoms with Gasteiger partial charge in [0.1, 0.15) is 5.78 Å². The van der Waals surface area contributed by atoms with Crippen molar-refractivity contribution < 1.29 is 4.79 Å². The summed E-state index contributed by atoms with van der Waals surface area (Å²) in [6, 6.07) is 0. The third kappa shape index (κ3) is 2.94. The van der Waals surface area contributed by atoms with Gasteiger partial charge in [-0.3, -0.25) is 4.79 Å². The van der Waals surface area contributed by atoms with Gasteiger partial charge in [0.2, 0.25) is 0 Å². The van der Waals surface area contributed by atoms with Gasteiger partial charge in [0.15, 0.2) is 0 Å². The molecule has 0 amide bonds. The molecule has 0 saturated heterocycles. The molecular formula is C10H21NO. The molecule has 0 fully saturated rings. The fourth-order valence-corrected chi connectivity index (χ4v) is 0.907. The van der Waals surface area contributed by atoms with Gasteiger partial charge >= 0.3 is 0 Å². The second kappa shape index (κ2) is 4.61. The number of nitrogens with two attached hydrogens (primary N) is 1. The van der Waals surface area contributed by atoms with Crippen LogP contribution in [0.15, 0.2) is 0 Å². The second-order valence-electron chi connectivity index (χ2n) is 4.19. The van der Waals surface area contributed by atoms with Crippen LogP contribution in [0.4, 0.5) is 0 Å². The van der Waals surface area contributed by atoms with Crippen LogP contribution in [0.25, 0.3) is 0 Å². The van der Waals surface area contributed by atoms with Crippen LogP contribution in [0.2, 0.25) is 0 Å². The number of rotatable bonds is 5. The Morgan fingerprint density at radius 1 is 1.42 bits per heavy atom. The van der Waals surface area contributed by atoms with Gasteiger partial charge in [-0.25, -0.2) is 0 Å². The van der Waals surface area contributed by atoms with Crippen molar-refractivity contribution >= 4 is 5.78 Å². The van der Waals surface area contributed by atoms with Gasteiger partial charge < -0.3 is 5.73 Å². The molecule has 12 heavy (non-hydrogen) atoms. The van der Waals surface area contributed by atoms with Crippen LogP contribution in [0, 0.1) is 11.3 Å². The first-order valence-corrected chi connectivity index (χ1v) is 4.66. The Morgan fingerprint density at radius 2 is 1.92 bits per heavy atom. The van der Waals surface area contributed by atoms with E-state index in [1.54, 1.807) is 0 Å². The van der Waals surface area contributed by atoms with Crippen molar-refractivity contribution in [3.8, 4) is 0 Å². The van der Waals surface area contributed by atoms with E-state index in [-0.39, 0.29) is 5.41 Å². The Balaban J connectivity index is 4.07. The molecule has 0 spiro atoms. The summed E-state index contributed by atoms with van der Waals surface area (Å²) in [6.45, 7) is 8.80. The summed E-state index contributed by atoms with van der Waals surface area (Å²) in [5.41, 5.74) is 5.16. The average molecular weight is 171 g/mol. The standard InChI is InChI=1S/C10H21NO/c1-8(2)10(3,4)9(12)6-5-7-11/h8H,5-7,11H2,1-4H3. The molecule has 0 aliphatic carbocycles. The molecule has 0 atom stereocenters. The predicted octanol–water partition coefficient (Wildman–Crippen LogP) is 1.98. The first kappa shape index (κ1) is 11.6. The fourth-order valence-electron chi connectivity index (χ4n) is 0.907. The maximum atomic E-state index is 11.6. The minimum atomic E-state index is -0.185. The van der Waals surface area contributed by atoms with E-state index >= 15 is 0 Å². The van der Waals surface area contributed by atoms with Crippen molar-refractivity contribution in [2.24, 2.45) is 17.1 Å². The van der Waals surface area contributed by atoms with Gasteiger partial charge in [-0.1, -0.05) is 27.7 Å². The predicted molar refractivity (Wildman–Crippen MR) is 51.9 cm³/mol.